The van der Waals surface area contributed by atoms with Gasteiger partial charge in [-0.3, -0.25) is 4.79 Å². The molecule has 1 aliphatic heterocycles. The van der Waals surface area contributed by atoms with Gasteiger partial charge in [0.15, 0.2) is 5.78 Å². The minimum Gasteiger partial charge on any atom is -0.496 e. The number of carbonyl (C=O) groups is 2. The predicted octanol–water partition coefficient (Wildman–Crippen LogP) is 5.66. The molecule has 172 valence electrons. The third kappa shape index (κ3) is 4.55. The molecule has 2 aromatic carbocycles. The van der Waals surface area contributed by atoms with E-state index in [9.17, 15) is 9.59 Å². The van der Waals surface area contributed by atoms with Crippen LogP contribution in [0.3, 0.4) is 0 Å². The van der Waals surface area contributed by atoms with E-state index in [1.807, 2.05) is 69.3 Å². The van der Waals surface area contributed by atoms with Crippen LogP contribution < -0.4 is 10.1 Å². The van der Waals surface area contributed by atoms with Crippen LogP contribution in [-0.2, 0) is 14.3 Å². The molecule has 2 aliphatic rings. The molecular weight excluding hydrogens is 438 g/mol. The second-order valence-corrected chi connectivity index (χ2v) is 9.20. The highest BCUT2D eigenvalue weighted by Gasteiger charge is 2.42. The number of dihydropyridines is 1. The van der Waals surface area contributed by atoms with E-state index in [-0.39, 0.29) is 17.8 Å². The fourth-order valence-electron chi connectivity index (χ4n) is 4.77. The Morgan fingerprint density at radius 2 is 1.79 bits per heavy atom. The number of halogens is 1. The number of esters is 1. The van der Waals surface area contributed by atoms with Gasteiger partial charge in [0.05, 0.1) is 24.7 Å². The fraction of sp³-hybridized carbons (Fsp3) is 0.333. The molecule has 0 saturated carbocycles. The maximum absolute atomic E-state index is 13.6. The zero-order valence-electron chi connectivity index (χ0n) is 19.3. The number of rotatable bonds is 5. The van der Waals surface area contributed by atoms with Crippen molar-refractivity contribution in [3.63, 3.8) is 0 Å². The molecule has 0 saturated heterocycles. The number of ether oxygens (including phenoxy) is 2. The molecule has 0 spiro atoms. The zero-order chi connectivity index (χ0) is 23.7. The lowest BCUT2D eigenvalue weighted by Gasteiger charge is -2.37. The number of Topliss-reactive ketones (excluding diaryl/α,β-unsaturated/α-hetero) is 1. The third-order valence-electron chi connectivity index (χ3n) is 6.18. The number of methoxy groups -OCH3 is 1. The lowest BCUT2D eigenvalue weighted by atomic mass is 9.71. The summed E-state index contributed by atoms with van der Waals surface area (Å²) in [7, 11) is 1.59. The number of allylic oxidation sites excluding steroid dienone is 3. The summed E-state index contributed by atoms with van der Waals surface area (Å²) in [5, 5.41) is 4.04. The number of nitrogens with one attached hydrogen (secondary N) is 1. The van der Waals surface area contributed by atoms with Crippen LogP contribution in [0.4, 0.5) is 0 Å². The Kier molecular flexibility index (Phi) is 6.61. The van der Waals surface area contributed by atoms with E-state index in [0.29, 0.717) is 40.5 Å². The Hall–Kier alpha value is -3.05. The molecule has 1 heterocycles. The van der Waals surface area contributed by atoms with Gasteiger partial charge >= 0.3 is 5.97 Å². The lowest BCUT2D eigenvalue weighted by molar-refractivity contribution is -0.143. The SMILES string of the molecule is COc1ccccc1[C@H]1C(C(=O)OC(C)C)=C(C)NC2=C1C(=O)C[C@@H](c1ccc(Cl)cc1)C2. The normalized spacial score (nSPS) is 20.5. The van der Waals surface area contributed by atoms with Gasteiger partial charge in [0.1, 0.15) is 5.75 Å². The van der Waals surface area contributed by atoms with E-state index >= 15 is 0 Å². The molecule has 0 unspecified atom stereocenters. The molecule has 0 radical (unpaired) electrons. The summed E-state index contributed by atoms with van der Waals surface area (Å²) in [5.74, 6) is -0.294. The highest BCUT2D eigenvalue weighted by Crippen LogP contribution is 2.47. The van der Waals surface area contributed by atoms with Crippen LogP contribution in [0.15, 0.2) is 71.1 Å². The largest absolute Gasteiger partial charge is 0.496 e. The first kappa shape index (κ1) is 23.1. The van der Waals surface area contributed by atoms with Crippen LogP contribution in [0.5, 0.6) is 5.75 Å². The third-order valence-corrected chi connectivity index (χ3v) is 6.43. The molecule has 5 nitrogen and oxygen atoms in total. The second kappa shape index (κ2) is 9.44. The van der Waals surface area contributed by atoms with Crippen molar-refractivity contribution < 1.29 is 19.1 Å². The van der Waals surface area contributed by atoms with Crippen molar-refractivity contribution in [1.82, 2.24) is 5.32 Å². The van der Waals surface area contributed by atoms with Crippen LogP contribution in [-0.4, -0.2) is 25.0 Å². The standard InChI is InChI=1S/C27H28ClNO4/c1-15(2)33-27(31)24-16(3)29-21-13-18(17-9-11-19(28)12-10-17)14-22(30)26(21)25(24)20-7-5-6-8-23(20)32-4/h5-12,15,18,25,29H,13-14H2,1-4H3/t18-,25-/m0/s1. The maximum Gasteiger partial charge on any atom is 0.337 e. The van der Waals surface area contributed by atoms with Gasteiger partial charge in [-0.1, -0.05) is 41.9 Å². The number of hydrogen-bond acceptors (Lipinski definition) is 5. The summed E-state index contributed by atoms with van der Waals surface area (Å²) in [5.41, 5.74) is 4.46. The van der Waals surface area contributed by atoms with Gasteiger partial charge in [-0.2, -0.15) is 0 Å². The molecule has 0 bridgehead atoms. The number of benzene rings is 2. The first-order valence-corrected chi connectivity index (χ1v) is 11.5. The summed E-state index contributed by atoms with van der Waals surface area (Å²) < 4.78 is 11.2. The van der Waals surface area contributed by atoms with Crippen molar-refractivity contribution in [3.8, 4) is 5.75 Å². The monoisotopic (exact) mass is 465 g/mol. The molecule has 1 N–H and O–H groups in total. The van der Waals surface area contributed by atoms with Crippen molar-refractivity contribution in [3.05, 3.63) is 87.2 Å². The van der Waals surface area contributed by atoms with Gasteiger partial charge in [0.2, 0.25) is 0 Å². The molecule has 2 atom stereocenters. The van der Waals surface area contributed by atoms with Crippen molar-refractivity contribution in [2.24, 2.45) is 0 Å². The van der Waals surface area contributed by atoms with E-state index in [1.54, 1.807) is 7.11 Å². The number of carbonyl (C=O) groups excluding carboxylic acids is 2. The fourth-order valence-corrected chi connectivity index (χ4v) is 4.90. The summed E-state index contributed by atoms with van der Waals surface area (Å²) in [6.07, 6.45) is 0.750. The van der Waals surface area contributed by atoms with Crippen LogP contribution in [0.1, 0.15) is 56.6 Å². The van der Waals surface area contributed by atoms with Crippen molar-refractivity contribution >= 4 is 23.4 Å². The molecule has 6 heteroatoms. The Bertz CT molecular complexity index is 1150. The lowest BCUT2D eigenvalue weighted by Crippen LogP contribution is -2.36. The molecule has 4 rings (SSSR count). The van der Waals surface area contributed by atoms with Crippen LogP contribution >= 0.6 is 11.6 Å². The molecule has 0 fully saturated rings. The number of ketones is 1. The van der Waals surface area contributed by atoms with E-state index in [2.05, 4.69) is 5.32 Å². The Labute approximate surface area is 199 Å². The van der Waals surface area contributed by atoms with Crippen LogP contribution in [0, 0.1) is 0 Å². The first-order chi connectivity index (χ1) is 15.8. The van der Waals surface area contributed by atoms with Gasteiger partial charge in [0.25, 0.3) is 0 Å². The highest BCUT2D eigenvalue weighted by atomic mass is 35.5. The van der Waals surface area contributed by atoms with Gasteiger partial charge in [-0.15, -0.1) is 0 Å². The number of hydrogen-bond donors (Lipinski definition) is 1. The molecule has 1 aliphatic carbocycles. The van der Waals surface area contributed by atoms with E-state index in [1.165, 1.54) is 0 Å². The quantitative estimate of drug-likeness (QED) is 0.577. The summed E-state index contributed by atoms with van der Waals surface area (Å²) in [6, 6.07) is 15.2. The summed E-state index contributed by atoms with van der Waals surface area (Å²) in [4.78, 5) is 26.8. The predicted molar refractivity (Wildman–Crippen MR) is 128 cm³/mol. The van der Waals surface area contributed by atoms with Gasteiger partial charge < -0.3 is 14.8 Å². The molecule has 2 aromatic rings. The van der Waals surface area contributed by atoms with Gasteiger partial charge in [-0.05, 0) is 56.9 Å². The molecular formula is C27H28ClNO4. The molecule has 33 heavy (non-hydrogen) atoms. The summed E-state index contributed by atoms with van der Waals surface area (Å²) >= 11 is 6.06. The Morgan fingerprint density at radius 3 is 2.45 bits per heavy atom. The van der Waals surface area contributed by atoms with E-state index in [0.717, 1.165) is 16.8 Å². The van der Waals surface area contributed by atoms with Crippen molar-refractivity contribution in [2.45, 2.75) is 51.6 Å². The van der Waals surface area contributed by atoms with E-state index in [4.69, 9.17) is 21.1 Å². The topological polar surface area (TPSA) is 64.6 Å². The number of para-hydroxylation sites is 1. The van der Waals surface area contributed by atoms with Gasteiger partial charge in [0, 0.05) is 34.0 Å². The average Bonchev–Trinajstić information content (AvgIpc) is 2.77. The zero-order valence-corrected chi connectivity index (χ0v) is 20.0. The highest BCUT2D eigenvalue weighted by molar-refractivity contribution is 6.30. The van der Waals surface area contributed by atoms with Crippen LogP contribution in [0.25, 0.3) is 0 Å². The van der Waals surface area contributed by atoms with Crippen molar-refractivity contribution in [1.29, 1.82) is 0 Å². The van der Waals surface area contributed by atoms with Gasteiger partial charge in [-0.25, -0.2) is 4.79 Å². The van der Waals surface area contributed by atoms with Crippen LogP contribution in [0.2, 0.25) is 5.02 Å². The second-order valence-electron chi connectivity index (χ2n) is 8.76. The molecule has 0 amide bonds. The van der Waals surface area contributed by atoms with Crippen molar-refractivity contribution in [2.75, 3.05) is 7.11 Å². The summed E-state index contributed by atoms with van der Waals surface area (Å²) in [6.45, 7) is 5.49. The minimum atomic E-state index is -0.553. The molecule has 0 aromatic heterocycles. The Morgan fingerprint density at radius 1 is 1.09 bits per heavy atom. The average molecular weight is 466 g/mol. The first-order valence-electron chi connectivity index (χ1n) is 11.1. The smallest absolute Gasteiger partial charge is 0.337 e. The van der Waals surface area contributed by atoms with E-state index < -0.39 is 11.9 Å². The Balaban J connectivity index is 1.82. The maximum atomic E-state index is 13.6. The minimum absolute atomic E-state index is 0.0157.